The molecule has 4 heteroatoms. The monoisotopic (exact) mass is 284 g/mol. The largest absolute Gasteiger partial charge is 0.387 e. The fourth-order valence-corrected chi connectivity index (χ4v) is 2.20. The summed E-state index contributed by atoms with van der Waals surface area (Å²) in [6.07, 6.45) is 0. The maximum atomic E-state index is 12.3. The highest BCUT2D eigenvalue weighted by molar-refractivity contribution is 5.99. The third-order valence-electron chi connectivity index (χ3n) is 3.30. The lowest BCUT2D eigenvalue weighted by atomic mass is 10.1. The van der Waals surface area contributed by atoms with Crippen LogP contribution in [0.5, 0.6) is 0 Å². The molecule has 21 heavy (non-hydrogen) atoms. The molecular formula is C17H20N2O2. The van der Waals surface area contributed by atoms with Crippen molar-refractivity contribution in [2.24, 2.45) is 0 Å². The van der Waals surface area contributed by atoms with Crippen molar-refractivity contribution < 1.29 is 9.53 Å². The minimum atomic E-state index is -0.0906. The first kappa shape index (κ1) is 15.1. The molecule has 2 N–H and O–H groups in total. The van der Waals surface area contributed by atoms with Gasteiger partial charge in [-0.25, -0.2) is 0 Å². The number of rotatable bonds is 6. The molecule has 0 bridgehead atoms. The van der Waals surface area contributed by atoms with E-state index >= 15 is 0 Å². The van der Waals surface area contributed by atoms with Crippen molar-refractivity contribution >= 4 is 11.6 Å². The van der Waals surface area contributed by atoms with Crippen LogP contribution in [0.1, 0.15) is 21.5 Å². The molecule has 0 aromatic heterocycles. The summed E-state index contributed by atoms with van der Waals surface area (Å²) in [7, 11) is 3.47. The number of para-hydroxylation sites is 1. The second kappa shape index (κ2) is 7.45. The maximum Gasteiger partial charge on any atom is 0.253 e. The quantitative estimate of drug-likeness (QED) is 0.857. The van der Waals surface area contributed by atoms with Crippen molar-refractivity contribution in [2.45, 2.75) is 13.2 Å². The number of nitrogens with one attached hydrogen (secondary N) is 2. The van der Waals surface area contributed by atoms with Crippen molar-refractivity contribution in [1.29, 1.82) is 0 Å². The third kappa shape index (κ3) is 3.83. The first-order valence-electron chi connectivity index (χ1n) is 6.87. The van der Waals surface area contributed by atoms with E-state index in [1.54, 1.807) is 14.2 Å². The molecule has 0 unspecified atom stereocenters. The van der Waals surface area contributed by atoms with Gasteiger partial charge in [-0.15, -0.1) is 0 Å². The predicted octanol–water partition coefficient (Wildman–Crippen LogP) is 2.80. The zero-order chi connectivity index (χ0) is 15.1. The molecule has 0 atom stereocenters. The summed E-state index contributed by atoms with van der Waals surface area (Å²) in [5.41, 5.74) is 3.61. The lowest BCUT2D eigenvalue weighted by molar-refractivity contribution is 0.0951. The molecule has 4 nitrogen and oxygen atoms in total. The Morgan fingerprint density at radius 3 is 2.43 bits per heavy atom. The number of carbonyl (C=O) groups excluding carboxylic acids is 1. The van der Waals surface area contributed by atoms with E-state index in [1.807, 2.05) is 48.5 Å². The number of hydrogen-bond donors (Lipinski definition) is 2. The average molecular weight is 284 g/mol. The Balaban J connectivity index is 2.08. The van der Waals surface area contributed by atoms with E-state index in [2.05, 4.69) is 10.6 Å². The van der Waals surface area contributed by atoms with Gasteiger partial charge in [0, 0.05) is 26.4 Å². The molecule has 0 aliphatic carbocycles. The van der Waals surface area contributed by atoms with Gasteiger partial charge in [0.05, 0.1) is 12.2 Å². The number of hydrogen-bond acceptors (Lipinski definition) is 3. The summed E-state index contributed by atoms with van der Waals surface area (Å²) in [6.45, 7) is 1.02. The van der Waals surface area contributed by atoms with Crippen molar-refractivity contribution in [2.75, 3.05) is 19.5 Å². The molecule has 0 spiro atoms. The molecule has 0 saturated carbocycles. The number of methoxy groups -OCH3 is 1. The molecule has 0 saturated heterocycles. The van der Waals surface area contributed by atoms with E-state index in [1.165, 1.54) is 0 Å². The van der Waals surface area contributed by atoms with Crippen LogP contribution in [0.3, 0.4) is 0 Å². The molecule has 2 aromatic carbocycles. The zero-order valence-corrected chi connectivity index (χ0v) is 12.3. The van der Waals surface area contributed by atoms with Crippen molar-refractivity contribution in [1.82, 2.24) is 5.32 Å². The van der Waals surface area contributed by atoms with Crippen molar-refractivity contribution in [3.05, 3.63) is 65.2 Å². The molecular weight excluding hydrogens is 264 g/mol. The summed E-state index contributed by atoms with van der Waals surface area (Å²) in [5, 5.41) is 5.98. The van der Waals surface area contributed by atoms with Gasteiger partial charge in [0.25, 0.3) is 5.91 Å². The Kier molecular flexibility index (Phi) is 5.35. The number of anilines is 1. The normalized spacial score (nSPS) is 10.2. The Bertz CT molecular complexity index is 611. The molecule has 2 rings (SSSR count). The minimum Gasteiger partial charge on any atom is -0.387 e. The van der Waals surface area contributed by atoms with Crippen LogP contribution in [0, 0.1) is 0 Å². The molecule has 110 valence electrons. The van der Waals surface area contributed by atoms with Gasteiger partial charge in [-0.3, -0.25) is 4.79 Å². The highest BCUT2D eigenvalue weighted by Crippen LogP contribution is 2.15. The van der Waals surface area contributed by atoms with Gasteiger partial charge >= 0.3 is 0 Å². The van der Waals surface area contributed by atoms with Gasteiger partial charge in [0.2, 0.25) is 0 Å². The number of carbonyl (C=O) groups is 1. The molecule has 0 aliphatic heterocycles. The van der Waals surface area contributed by atoms with Crippen LogP contribution in [0.25, 0.3) is 0 Å². The van der Waals surface area contributed by atoms with E-state index < -0.39 is 0 Å². The second-order valence-corrected chi connectivity index (χ2v) is 4.68. The van der Waals surface area contributed by atoms with Crippen LogP contribution in [-0.4, -0.2) is 20.1 Å². The van der Waals surface area contributed by atoms with Crippen LogP contribution in [0.15, 0.2) is 48.5 Å². The van der Waals surface area contributed by atoms with Gasteiger partial charge in [-0.1, -0.05) is 36.4 Å². The Morgan fingerprint density at radius 2 is 1.71 bits per heavy atom. The summed E-state index contributed by atoms with van der Waals surface area (Å²) in [5.74, 6) is -0.0906. The first-order valence-corrected chi connectivity index (χ1v) is 6.87. The number of benzene rings is 2. The standard InChI is InChI=1S/C17H20N2O2/c1-18-16-10-6-5-9-15(16)17(20)19-11-13-7-3-4-8-14(13)12-21-2/h3-10,18H,11-12H2,1-2H3,(H,19,20). The Labute approximate surface area is 125 Å². The van der Waals surface area contributed by atoms with Crippen LogP contribution in [0.2, 0.25) is 0 Å². The molecule has 0 aliphatic rings. The fraction of sp³-hybridized carbons (Fsp3) is 0.235. The van der Waals surface area contributed by atoms with Crippen LogP contribution >= 0.6 is 0 Å². The van der Waals surface area contributed by atoms with Gasteiger partial charge in [0.15, 0.2) is 0 Å². The van der Waals surface area contributed by atoms with Gasteiger partial charge in [0.1, 0.15) is 0 Å². The Hall–Kier alpha value is -2.33. The lowest BCUT2D eigenvalue weighted by Gasteiger charge is -2.12. The molecule has 2 aromatic rings. The maximum absolute atomic E-state index is 12.3. The van der Waals surface area contributed by atoms with E-state index in [0.717, 1.165) is 16.8 Å². The van der Waals surface area contributed by atoms with Crippen molar-refractivity contribution in [3.8, 4) is 0 Å². The lowest BCUT2D eigenvalue weighted by Crippen LogP contribution is -2.24. The van der Waals surface area contributed by atoms with Gasteiger partial charge in [-0.05, 0) is 23.3 Å². The predicted molar refractivity (Wildman–Crippen MR) is 84.3 cm³/mol. The average Bonchev–Trinajstić information content (AvgIpc) is 2.54. The highest BCUT2D eigenvalue weighted by atomic mass is 16.5. The topological polar surface area (TPSA) is 50.4 Å². The first-order chi connectivity index (χ1) is 10.3. The molecule has 1 amide bonds. The second-order valence-electron chi connectivity index (χ2n) is 4.68. The van der Waals surface area contributed by atoms with E-state index in [4.69, 9.17) is 4.74 Å². The van der Waals surface area contributed by atoms with Crippen LogP contribution in [0.4, 0.5) is 5.69 Å². The van der Waals surface area contributed by atoms with Crippen LogP contribution in [-0.2, 0) is 17.9 Å². The fourth-order valence-electron chi connectivity index (χ4n) is 2.20. The van der Waals surface area contributed by atoms with Crippen molar-refractivity contribution in [3.63, 3.8) is 0 Å². The van der Waals surface area contributed by atoms with Gasteiger partial charge < -0.3 is 15.4 Å². The number of ether oxygens (including phenoxy) is 1. The smallest absolute Gasteiger partial charge is 0.253 e. The Morgan fingerprint density at radius 1 is 1.05 bits per heavy atom. The summed E-state index contributed by atoms with van der Waals surface area (Å²) in [6, 6.07) is 15.4. The van der Waals surface area contributed by atoms with E-state index in [0.29, 0.717) is 18.7 Å². The summed E-state index contributed by atoms with van der Waals surface area (Å²) < 4.78 is 5.17. The number of amides is 1. The minimum absolute atomic E-state index is 0.0906. The van der Waals surface area contributed by atoms with E-state index in [9.17, 15) is 4.79 Å². The highest BCUT2D eigenvalue weighted by Gasteiger charge is 2.10. The van der Waals surface area contributed by atoms with Crippen LogP contribution < -0.4 is 10.6 Å². The summed E-state index contributed by atoms with van der Waals surface area (Å²) >= 11 is 0. The molecule has 0 heterocycles. The molecule has 0 radical (unpaired) electrons. The third-order valence-corrected chi connectivity index (χ3v) is 3.30. The van der Waals surface area contributed by atoms with Gasteiger partial charge in [-0.2, -0.15) is 0 Å². The zero-order valence-electron chi connectivity index (χ0n) is 12.3. The SMILES string of the molecule is CNc1ccccc1C(=O)NCc1ccccc1COC. The molecule has 0 fully saturated rings. The van der Waals surface area contributed by atoms with E-state index in [-0.39, 0.29) is 5.91 Å². The summed E-state index contributed by atoms with van der Waals surface area (Å²) in [4.78, 5) is 12.3.